The quantitative estimate of drug-likeness (QED) is 0.760. The van der Waals surface area contributed by atoms with Crippen LogP contribution in [0, 0.1) is 0 Å². The Hall–Kier alpha value is -1.60. The summed E-state index contributed by atoms with van der Waals surface area (Å²) in [5.74, 6) is 0. The van der Waals surface area contributed by atoms with Gasteiger partial charge in [0.15, 0.2) is 0 Å². The summed E-state index contributed by atoms with van der Waals surface area (Å²) >= 11 is 0. The number of aliphatic hydroxyl groups excluding tert-OH is 1. The van der Waals surface area contributed by atoms with Gasteiger partial charge in [0.25, 0.3) is 0 Å². The maximum atomic E-state index is 9.30. The van der Waals surface area contributed by atoms with Crippen LogP contribution in [0.3, 0.4) is 0 Å². The molecule has 0 amide bonds. The molecule has 0 aliphatic rings. The maximum absolute atomic E-state index is 9.30. The molecular formula is C13H12O. The standard InChI is InChI=1S/C13H12O/c1-2-10-7-8-11-5-3-4-6-12(11)13(10)9-14/h2-8,14H,1,9H2. The molecule has 0 aromatic heterocycles. The first-order valence-electron chi connectivity index (χ1n) is 4.60. The van der Waals surface area contributed by atoms with Gasteiger partial charge in [-0.25, -0.2) is 0 Å². The van der Waals surface area contributed by atoms with E-state index in [4.69, 9.17) is 0 Å². The number of hydrogen-bond donors (Lipinski definition) is 1. The van der Waals surface area contributed by atoms with E-state index in [1.165, 1.54) is 0 Å². The van der Waals surface area contributed by atoms with E-state index >= 15 is 0 Å². The second-order valence-electron chi connectivity index (χ2n) is 3.22. The third-order valence-corrected chi connectivity index (χ3v) is 2.45. The summed E-state index contributed by atoms with van der Waals surface area (Å²) in [4.78, 5) is 0. The molecular weight excluding hydrogens is 172 g/mol. The minimum atomic E-state index is 0.0582. The van der Waals surface area contributed by atoms with E-state index in [-0.39, 0.29) is 6.61 Å². The fraction of sp³-hybridized carbons (Fsp3) is 0.0769. The van der Waals surface area contributed by atoms with Crippen LogP contribution < -0.4 is 0 Å². The molecule has 0 atom stereocenters. The third-order valence-electron chi connectivity index (χ3n) is 2.45. The Balaban J connectivity index is 2.83. The summed E-state index contributed by atoms with van der Waals surface area (Å²) in [5, 5.41) is 11.6. The Labute approximate surface area is 83.3 Å². The molecule has 1 nitrogen and oxygen atoms in total. The normalized spacial score (nSPS) is 10.4. The van der Waals surface area contributed by atoms with Gasteiger partial charge in [0, 0.05) is 0 Å². The fourth-order valence-electron chi connectivity index (χ4n) is 1.72. The van der Waals surface area contributed by atoms with Crippen molar-refractivity contribution in [1.29, 1.82) is 0 Å². The lowest BCUT2D eigenvalue weighted by atomic mass is 9.99. The average molecular weight is 184 g/mol. The summed E-state index contributed by atoms with van der Waals surface area (Å²) in [6.07, 6.45) is 1.78. The van der Waals surface area contributed by atoms with E-state index in [0.717, 1.165) is 21.9 Å². The fourth-order valence-corrected chi connectivity index (χ4v) is 1.72. The molecule has 0 radical (unpaired) electrons. The van der Waals surface area contributed by atoms with E-state index < -0.39 is 0 Å². The number of fused-ring (bicyclic) bond motifs is 1. The van der Waals surface area contributed by atoms with Crippen LogP contribution in [0.25, 0.3) is 16.8 Å². The minimum absolute atomic E-state index is 0.0582. The van der Waals surface area contributed by atoms with Gasteiger partial charge in [-0.2, -0.15) is 0 Å². The molecule has 1 N–H and O–H groups in total. The third kappa shape index (κ3) is 1.32. The van der Waals surface area contributed by atoms with Gasteiger partial charge in [-0.1, -0.05) is 49.1 Å². The zero-order valence-corrected chi connectivity index (χ0v) is 7.90. The summed E-state index contributed by atoms with van der Waals surface area (Å²) in [6, 6.07) is 12.1. The lowest BCUT2D eigenvalue weighted by Gasteiger charge is -2.07. The van der Waals surface area contributed by atoms with Crippen LogP contribution in [0.2, 0.25) is 0 Å². The van der Waals surface area contributed by atoms with Crippen molar-refractivity contribution in [3.8, 4) is 0 Å². The number of benzene rings is 2. The van der Waals surface area contributed by atoms with Crippen LogP contribution in [-0.2, 0) is 6.61 Å². The van der Waals surface area contributed by atoms with Gasteiger partial charge < -0.3 is 5.11 Å². The van der Waals surface area contributed by atoms with E-state index in [2.05, 4.69) is 6.58 Å². The summed E-state index contributed by atoms with van der Waals surface area (Å²) < 4.78 is 0. The average Bonchev–Trinajstić information content (AvgIpc) is 2.27. The topological polar surface area (TPSA) is 20.2 Å². The second kappa shape index (κ2) is 3.64. The zero-order chi connectivity index (χ0) is 9.97. The van der Waals surface area contributed by atoms with Gasteiger partial charge in [0.05, 0.1) is 6.61 Å². The van der Waals surface area contributed by atoms with Crippen molar-refractivity contribution in [2.45, 2.75) is 6.61 Å². The monoisotopic (exact) mass is 184 g/mol. The molecule has 0 fully saturated rings. The van der Waals surface area contributed by atoms with Crippen molar-refractivity contribution in [2.24, 2.45) is 0 Å². The molecule has 0 saturated carbocycles. The molecule has 0 spiro atoms. The van der Waals surface area contributed by atoms with Gasteiger partial charge in [-0.15, -0.1) is 0 Å². The Morgan fingerprint density at radius 2 is 1.93 bits per heavy atom. The smallest absolute Gasteiger partial charge is 0.0693 e. The maximum Gasteiger partial charge on any atom is 0.0693 e. The molecule has 1 heteroatoms. The van der Waals surface area contributed by atoms with Crippen LogP contribution >= 0.6 is 0 Å². The molecule has 2 aromatic carbocycles. The molecule has 0 aliphatic heterocycles. The molecule has 70 valence electrons. The Morgan fingerprint density at radius 3 is 2.64 bits per heavy atom. The number of hydrogen-bond acceptors (Lipinski definition) is 1. The van der Waals surface area contributed by atoms with Gasteiger partial charge in [0.2, 0.25) is 0 Å². The van der Waals surface area contributed by atoms with E-state index in [1.807, 2.05) is 36.4 Å². The van der Waals surface area contributed by atoms with Gasteiger partial charge >= 0.3 is 0 Å². The number of aliphatic hydroxyl groups is 1. The molecule has 2 rings (SSSR count). The first kappa shape index (κ1) is 8.97. The molecule has 0 unspecified atom stereocenters. The molecule has 2 aromatic rings. The summed E-state index contributed by atoms with van der Waals surface area (Å²) in [5.41, 5.74) is 1.96. The first-order chi connectivity index (χ1) is 6.86. The minimum Gasteiger partial charge on any atom is -0.392 e. The van der Waals surface area contributed by atoms with Crippen LogP contribution in [0.15, 0.2) is 43.0 Å². The van der Waals surface area contributed by atoms with Crippen LogP contribution in [0.5, 0.6) is 0 Å². The second-order valence-corrected chi connectivity index (χ2v) is 3.22. The van der Waals surface area contributed by atoms with Crippen molar-refractivity contribution < 1.29 is 5.11 Å². The van der Waals surface area contributed by atoms with Crippen molar-refractivity contribution >= 4 is 16.8 Å². The Morgan fingerprint density at radius 1 is 1.14 bits per heavy atom. The highest BCUT2D eigenvalue weighted by molar-refractivity contribution is 5.88. The van der Waals surface area contributed by atoms with E-state index in [1.54, 1.807) is 6.08 Å². The molecule has 0 saturated heterocycles. The van der Waals surface area contributed by atoms with Crippen molar-refractivity contribution in [3.05, 3.63) is 54.1 Å². The largest absolute Gasteiger partial charge is 0.392 e. The molecule has 0 aliphatic carbocycles. The lowest BCUT2D eigenvalue weighted by Crippen LogP contribution is -1.90. The van der Waals surface area contributed by atoms with Gasteiger partial charge in [-0.3, -0.25) is 0 Å². The molecule has 0 heterocycles. The van der Waals surface area contributed by atoms with Gasteiger partial charge in [-0.05, 0) is 21.9 Å². The van der Waals surface area contributed by atoms with Crippen molar-refractivity contribution in [3.63, 3.8) is 0 Å². The summed E-state index contributed by atoms with van der Waals surface area (Å²) in [6.45, 7) is 3.79. The molecule has 0 bridgehead atoms. The first-order valence-corrected chi connectivity index (χ1v) is 4.60. The number of rotatable bonds is 2. The predicted octanol–water partition coefficient (Wildman–Crippen LogP) is 2.98. The zero-order valence-electron chi connectivity index (χ0n) is 7.90. The van der Waals surface area contributed by atoms with E-state index in [9.17, 15) is 5.11 Å². The Bertz CT molecular complexity index is 472. The van der Waals surface area contributed by atoms with E-state index in [0.29, 0.717) is 0 Å². The highest BCUT2D eigenvalue weighted by Gasteiger charge is 2.02. The Kier molecular flexibility index (Phi) is 2.33. The van der Waals surface area contributed by atoms with Crippen molar-refractivity contribution in [1.82, 2.24) is 0 Å². The highest BCUT2D eigenvalue weighted by Crippen LogP contribution is 2.23. The van der Waals surface area contributed by atoms with Crippen LogP contribution in [0.1, 0.15) is 11.1 Å². The SMILES string of the molecule is C=Cc1ccc2ccccc2c1CO. The van der Waals surface area contributed by atoms with Crippen LogP contribution in [-0.4, -0.2) is 5.11 Å². The predicted molar refractivity (Wildman–Crippen MR) is 60.0 cm³/mol. The van der Waals surface area contributed by atoms with Crippen LogP contribution in [0.4, 0.5) is 0 Å². The molecule has 14 heavy (non-hydrogen) atoms. The van der Waals surface area contributed by atoms with Crippen molar-refractivity contribution in [2.75, 3.05) is 0 Å². The highest BCUT2D eigenvalue weighted by atomic mass is 16.3. The van der Waals surface area contributed by atoms with Gasteiger partial charge in [0.1, 0.15) is 0 Å². The summed E-state index contributed by atoms with van der Waals surface area (Å²) in [7, 11) is 0. The lowest BCUT2D eigenvalue weighted by molar-refractivity contribution is 0.283.